The lowest BCUT2D eigenvalue weighted by atomic mass is 9.93. The van der Waals surface area contributed by atoms with E-state index >= 15 is 0 Å². The Kier molecular flexibility index (Phi) is 3.87. The molecule has 1 N–H and O–H groups in total. The number of rotatable bonds is 1. The minimum Gasteiger partial charge on any atom is -0.390 e. The highest BCUT2D eigenvalue weighted by Gasteiger charge is 2.30. The Hall–Kier alpha value is -0.830. The van der Waals surface area contributed by atoms with Crippen LogP contribution in [0.15, 0.2) is 12.2 Å². The summed E-state index contributed by atoms with van der Waals surface area (Å²) in [6, 6.07) is 0. The van der Waals surface area contributed by atoms with E-state index < -0.39 is 5.60 Å². The number of carbonyl (C=O) groups is 1. The van der Waals surface area contributed by atoms with E-state index in [1.165, 1.54) is 0 Å². The average molecular weight is 237 g/mol. The summed E-state index contributed by atoms with van der Waals surface area (Å²) in [6.07, 6.45) is 9.64. The lowest BCUT2D eigenvalue weighted by Crippen LogP contribution is -2.38. The summed E-state index contributed by atoms with van der Waals surface area (Å²) in [5.74, 6) is 0.482. The van der Waals surface area contributed by atoms with Crippen molar-refractivity contribution in [3.05, 3.63) is 12.2 Å². The lowest BCUT2D eigenvalue weighted by molar-refractivity contribution is -0.135. The van der Waals surface area contributed by atoms with Crippen molar-refractivity contribution < 1.29 is 9.90 Å². The predicted molar refractivity (Wildman–Crippen MR) is 67.5 cm³/mol. The van der Waals surface area contributed by atoms with E-state index in [2.05, 4.69) is 12.2 Å². The number of hydrogen-bond acceptors (Lipinski definition) is 2. The van der Waals surface area contributed by atoms with Gasteiger partial charge in [0, 0.05) is 19.0 Å². The van der Waals surface area contributed by atoms with Crippen molar-refractivity contribution in [2.75, 3.05) is 13.1 Å². The maximum absolute atomic E-state index is 12.3. The Bertz CT molecular complexity index is 309. The second-order valence-corrected chi connectivity index (χ2v) is 5.66. The smallest absolute Gasteiger partial charge is 0.226 e. The molecular formula is C14H23NO2. The lowest BCUT2D eigenvalue weighted by Gasteiger charge is -2.27. The van der Waals surface area contributed by atoms with E-state index in [0.29, 0.717) is 18.9 Å². The predicted octanol–water partition coefficient (Wildman–Crippen LogP) is 2.11. The largest absolute Gasteiger partial charge is 0.390 e. The molecule has 0 aromatic carbocycles. The maximum Gasteiger partial charge on any atom is 0.226 e. The normalized spacial score (nSPS) is 34.5. The standard InChI is InChI=1S/C14H23NO2/c1-14(17)8-5-10-15(11-9-14)13(16)12-6-3-2-4-7-12/h2-3,12,17H,4-11H2,1H3. The van der Waals surface area contributed by atoms with E-state index in [1.807, 2.05) is 11.8 Å². The Morgan fingerprint density at radius 2 is 2.18 bits per heavy atom. The first-order chi connectivity index (χ1) is 8.08. The zero-order chi connectivity index (χ0) is 12.3. The van der Waals surface area contributed by atoms with Crippen molar-refractivity contribution in [1.29, 1.82) is 0 Å². The van der Waals surface area contributed by atoms with E-state index in [-0.39, 0.29) is 5.92 Å². The Morgan fingerprint density at radius 1 is 1.35 bits per heavy atom. The number of carbonyl (C=O) groups excluding carboxylic acids is 1. The van der Waals surface area contributed by atoms with Gasteiger partial charge in [0.2, 0.25) is 5.91 Å². The molecule has 0 saturated carbocycles. The van der Waals surface area contributed by atoms with Crippen LogP contribution in [-0.4, -0.2) is 34.6 Å². The fourth-order valence-corrected chi connectivity index (χ4v) is 2.76. The Labute approximate surface area is 103 Å². The molecule has 96 valence electrons. The van der Waals surface area contributed by atoms with E-state index in [0.717, 1.165) is 38.6 Å². The zero-order valence-electron chi connectivity index (χ0n) is 10.7. The first-order valence-corrected chi connectivity index (χ1v) is 6.75. The van der Waals surface area contributed by atoms with Crippen molar-refractivity contribution >= 4 is 5.91 Å². The molecule has 2 unspecified atom stereocenters. The highest BCUT2D eigenvalue weighted by molar-refractivity contribution is 5.79. The fraction of sp³-hybridized carbons (Fsp3) is 0.786. The first kappa shape index (κ1) is 12.6. The third-order valence-electron chi connectivity index (χ3n) is 3.99. The van der Waals surface area contributed by atoms with E-state index in [4.69, 9.17) is 0 Å². The first-order valence-electron chi connectivity index (χ1n) is 6.75. The van der Waals surface area contributed by atoms with Crippen LogP contribution in [0.25, 0.3) is 0 Å². The van der Waals surface area contributed by atoms with Crippen LogP contribution in [0.3, 0.4) is 0 Å². The summed E-state index contributed by atoms with van der Waals surface area (Å²) in [7, 11) is 0. The van der Waals surface area contributed by atoms with E-state index in [9.17, 15) is 9.90 Å². The van der Waals surface area contributed by atoms with Gasteiger partial charge in [-0.15, -0.1) is 0 Å². The molecule has 2 atom stereocenters. The van der Waals surface area contributed by atoms with Gasteiger partial charge in [-0.3, -0.25) is 4.79 Å². The summed E-state index contributed by atoms with van der Waals surface area (Å²) in [6.45, 7) is 3.41. The molecular weight excluding hydrogens is 214 g/mol. The van der Waals surface area contributed by atoms with Crippen LogP contribution in [0.4, 0.5) is 0 Å². The van der Waals surface area contributed by atoms with Gasteiger partial charge in [-0.1, -0.05) is 12.2 Å². The number of nitrogens with zero attached hydrogens (tertiary/aromatic N) is 1. The monoisotopic (exact) mass is 237 g/mol. The van der Waals surface area contributed by atoms with Crippen LogP contribution in [0.5, 0.6) is 0 Å². The molecule has 0 radical (unpaired) electrons. The Balaban J connectivity index is 1.93. The summed E-state index contributed by atoms with van der Waals surface area (Å²) < 4.78 is 0. The molecule has 2 rings (SSSR count). The van der Waals surface area contributed by atoms with Gasteiger partial charge >= 0.3 is 0 Å². The number of likely N-dealkylation sites (tertiary alicyclic amines) is 1. The average Bonchev–Trinajstić information content (AvgIpc) is 2.50. The van der Waals surface area contributed by atoms with Crippen molar-refractivity contribution in [1.82, 2.24) is 4.90 Å². The quantitative estimate of drug-likeness (QED) is 0.710. The third kappa shape index (κ3) is 3.32. The molecule has 0 spiro atoms. The van der Waals surface area contributed by atoms with Gasteiger partial charge in [0.15, 0.2) is 0 Å². The molecule has 0 aromatic heterocycles. The summed E-state index contributed by atoms with van der Waals surface area (Å²) in [5.41, 5.74) is -0.582. The fourth-order valence-electron chi connectivity index (χ4n) is 2.76. The minimum absolute atomic E-state index is 0.183. The summed E-state index contributed by atoms with van der Waals surface area (Å²) in [5, 5.41) is 10.0. The molecule has 1 aliphatic carbocycles. The third-order valence-corrected chi connectivity index (χ3v) is 3.99. The number of hydrogen-bond donors (Lipinski definition) is 1. The summed E-state index contributed by atoms with van der Waals surface area (Å²) >= 11 is 0. The van der Waals surface area contributed by atoms with Gasteiger partial charge in [-0.05, 0) is 45.4 Å². The van der Waals surface area contributed by atoms with Crippen LogP contribution in [0.1, 0.15) is 45.4 Å². The van der Waals surface area contributed by atoms with Gasteiger partial charge in [0.25, 0.3) is 0 Å². The second-order valence-electron chi connectivity index (χ2n) is 5.66. The zero-order valence-corrected chi connectivity index (χ0v) is 10.7. The topological polar surface area (TPSA) is 40.5 Å². The second kappa shape index (κ2) is 5.21. The number of aliphatic hydroxyl groups is 1. The highest BCUT2D eigenvalue weighted by Crippen LogP contribution is 2.25. The van der Waals surface area contributed by atoms with Crippen LogP contribution in [0, 0.1) is 5.92 Å². The number of amides is 1. The van der Waals surface area contributed by atoms with Crippen LogP contribution in [-0.2, 0) is 4.79 Å². The molecule has 0 aromatic rings. The molecule has 0 bridgehead atoms. The molecule has 1 saturated heterocycles. The van der Waals surface area contributed by atoms with Crippen LogP contribution in [0.2, 0.25) is 0 Å². The Morgan fingerprint density at radius 3 is 2.88 bits per heavy atom. The summed E-state index contributed by atoms with van der Waals surface area (Å²) in [4.78, 5) is 14.3. The van der Waals surface area contributed by atoms with Gasteiger partial charge in [0.1, 0.15) is 0 Å². The molecule has 1 amide bonds. The van der Waals surface area contributed by atoms with Crippen molar-refractivity contribution in [2.24, 2.45) is 5.92 Å². The molecule has 3 heteroatoms. The molecule has 3 nitrogen and oxygen atoms in total. The SMILES string of the molecule is CC1(O)CCCN(C(=O)C2CC=CCC2)CC1. The van der Waals surface area contributed by atoms with Crippen LogP contribution < -0.4 is 0 Å². The molecule has 2 aliphatic rings. The highest BCUT2D eigenvalue weighted by atomic mass is 16.3. The molecule has 17 heavy (non-hydrogen) atoms. The number of allylic oxidation sites excluding steroid dienone is 2. The van der Waals surface area contributed by atoms with Crippen molar-refractivity contribution in [3.8, 4) is 0 Å². The van der Waals surface area contributed by atoms with Gasteiger partial charge < -0.3 is 10.0 Å². The van der Waals surface area contributed by atoms with Crippen LogP contribution >= 0.6 is 0 Å². The maximum atomic E-state index is 12.3. The van der Waals surface area contributed by atoms with Crippen molar-refractivity contribution in [2.45, 2.75) is 51.0 Å². The minimum atomic E-state index is -0.582. The van der Waals surface area contributed by atoms with Gasteiger partial charge in [-0.2, -0.15) is 0 Å². The van der Waals surface area contributed by atoms with E-state index in [1.54, 1.807) is 0 Å². The van der Waals surface area contributed by atoms with Gasteiger partial charge in [-0.25, -0.2) is 0 Å². The van der Waals surface area contributed by atoms with Gasteiger partial charge in [0.05, 0.1) is 5.60 Å². The molecule has 1 fully saturated rings. The van der Waals surface area contributed by atoms with Crippen molar-refractivity contribution in [3.63, 3.8) is 0 Å². The molecule has 1 aliphatic heterocycles. The molecule has 1 heterocycles.